The van der Waals surface area contributed by atoms with Crippen molar-refractivity contribution in [2.75, 3.05) is 33.2 Å². The Morgan fingerprint density at radius 1 is 1.11 bits per heavy atom. The number of nitrogens with zero attached hydrogens (tertiary/aromatic N) is 2. The molecule has 0 aromatic heterocycles. The van der Waals surface area contributed by atoms with Crippen LogP contribution in [0.1, 0.15) is 47.5 Å². The largest absolute Gasteiger partial charge is 0.356 e. The maximum Gasteiger partial charge on any atom is 0.191 e. The molecule has 114 valence electrons. The van der Waals surface area contributed by atoms with Gasteiger partial charge in [-0.25, -0.2) is 0 Å². The normalized spacial score (nSPS) is 12.6. The van der Waals surface area contributed by atoms with Crippen molar-refractivity contribution in [3.8, 4) is 0 Å². The first kappa shape index (κ1) is 18.2. The molecule has 0 aromatic rings. The van der Waals surface area contributed by atoms with E-state index in [0.717, 1.165) is 38.1 Å². The molecule has 0 spiro atoms. The van der Waals surface area contributed by atoms with Crippen LogP contribution >= 0.6 is 0 Å². The summed E-state index contributed by atoms with van der Waals surface area (Å²) in [5, 5.41) is 6.74. The van der Waals surface area contributed by atoms with Crippen LogP contribution in [0.15, 0.2) is 4.99 Å². The predicted octanol–water partition coefficient (Wildman–Crippen LogP) is 2.32. The van der Waals surface area contributed by atoms with Gasteiger partial charge in [0.05, 0.1) is 0 Å². The van der Waals surface area contributed by atoms with Gasteiger partial charge in [0.2, 0.25) is 0 Å². The van der Waals surface area contributed by atoms with Gasteiger partial charge in [0.15, 0.2) is 5.96 Å². The third kappa shape index (κ3) is 9.77. The second-order valence-electron chi connectivity index (χ2n) is 5.68. The summed E-state index contributed by atoms with van der Waals surface area (Å²) in [7, 11) is 1.83. The van der Waals surface area contributed by atoms with E-state index in [0.29, 0.717) is 6.04 Å². The molecule has 4 heteroatoms. The summed E-state index contributed by atoms with van der Waals surface area (Å²) in [6.07, 6.45) is 2.46. The van der Waals surface area contributed by atoms with Crippen molar-refractivity contribution >= 4 is 5.96 Å². The van der Waals surface area contributed by atoms with Gasteiger partial charge >= 0.3 is 0 Å². The summed E-state index contributed by atoms with van der Waals surface area (Å²) in [5.74, 6) is 1.70. The first-order valence-corrected chi connectivity index (χ1v) is 7.69. The van der Waals surface area contributed by atoms with Crippen molar-refractivity contribution < 1.29 is 0 Å². The van der Waals surface area contributed by atoms with Crippen LogP contribution in [-0.2, 0) is 0 Å². The standard InChI is InChI=1S/C15H34N4/c1-7-19(14(4)5)12-11-18-15(16-6)17-10-8-9-13(2)3/h13-14H,7-12H2,1-6H3,(H2,16,17,18). The number of guanidine groups is 1. The first-order valence-electron chi connectivity index (χ1n) is 7.69. The monoisotopic (exact) mass is 270 g/mol. The highest BCUT2D eigenvalue weighted by Gasteiger charge is 2.06. The van der Waals surface area contributed by atoms with E-state index in [9.17, 15) is 0 Å². The Morgan fingerprint density at radius 3 is 2.21 bits per heavy atom. The Bertz CT molecular complexity index is 236. The molecule has 0 fully saturated rings. The van der Waals surface area contributed by atoms with E-state index in [2.05, 4.69) is 55.1 Å². The molecule has 0 radical (unpaired) electrons. The van der Waals surface area contributed by atoms with Crippen molar-refractivity contribution in [3.05, 3.63) is 0 Å². The number of hydrogen-bond donors (Lipinski definition) is 2. The van der Waals surface area contributed by atoms with Crippen molar-refractivity contribution in [2.45, 2.75) is 53.5 Å². The molecule has 4 nitrogen and oxygen atoms in total. The molecule has 0 aliphatic heterocycles. The lowest BCUT2D eigenvalue weighted by Crippen LogP contribution is -2.43. The van der Waals surface area contributed by atoms with E-state index in [1.54, 1.807) is 0 Å². The van der Waals surface area contributed by atoms with Crippen molar-refractivity contribution in [1.29, 1.82) is 0 Å². The minimum absolute atomic E-state index is 0.604. The number of hydrogen-bond acceptors (Lipinski definition) is 2. The number of likely N-dealkylation sites (N-methyl/N-ethyl adjacent to an activating group) is 1. The molecular weight excluding hydrogens is 236 g/mol. The Kier molecular flexibility index (Phi) is 10.6. The fourth-order valence-electron chi connectivity index (χ4n) is 2.04. The predicted molar refractivity (Wildman–Crippen MR) is 85.8 cm³/mol. The zero-order chi connectivity index (χ0) is 14.7. The number of aliphatic imine (C=N–C) groups is 1. The van der Waals surface area contributed by atoms with E-state index >= 15 is 0 Å². The van der Waals surface area contributed by atoms with Gasteiger partial charge in [-0.3, -0.25) is 9.89 Å². The zero-order valence-electron chi connectivity index (χ0n) is 13.8. The Hall–Kier alpha value is -0.770. The highest BCUT2D eigenvalue weighted by atomic mass is 15.2. The van der Waals surface area contributed by atoms with Crippen LogP contribution in [-0.4, -0.2) is 50.1 Å². The second-order valence-corrected chi connectivity index (χ2v) is 5.68. The molecule has 0 amide bonds. The Morgan fingerprint density at radius 2 is 1.74 bits per heavy atom. The maximum atomic E-state index is 4.25. The van der Waals surface area contributed by atoms with E-state index in [4.69, 9.17) is 0 Å². The minimum Gasteiger partial charge on any atom is -0.356 e. The Labute approximate surface area is 120 Å². The van der Waals surface area contributed by atoms with Crippen LogP contribution in [0, 0.1) is 5.92 Å². The van der Waals surface area contributed by atoms with E-state index in [1.165, 1.54) is 12.8 Å². The molecule has 0 aromatic carbocycles. The van der Waals surface area contributed by atoms with Crippen LogP contribution in [0.3, 0.4) is 0 Å². The molecule has 0 bridgehead atoms. The lowest BCUT2D eigenvalue weighted by molar-refractivity contribution is 0.237. The van der Waals surface area contributed by atoms with Gasteiger partial charge in [0, 0.05) is 32.7 Å². The van der Waals surface area contributed by atoms with Crippen LogP contribution in [0.2, 0.25) is 0 Å². The van der Waals surface area contributed by atoms with Crippen molar-refractivity contribution in [3.63, 3.8) is 0 Å². The van der Waals surface area contributed by atoms with Gasteiger partial charge in [-0.05, 0) is 39.2 Å². The summed E-state index contributed by atoms with van der Waals surface area (Å²) in [5.41, 5.74) is 0. The van der Waals surface area contributed by atoms with Crippen molar-refractivity contribution in [2.24, 2.45) is 10.9 Å². The van der Waals surface area contributed by atoms with Crippen LogP contribution in [0.25, 0.3) is 0 Å². The molecule has 0 heterocycles. The number of rotatable bonds is 9. The van der Waals surface area contributed by atoms with Gasteiger partial charge in [-0.1, -0.05) is 20.8 Å². The SMILES string of the molecule is CCN(CCNC(=NC)NCCCC(C)C)C(C)C. The average molecular weight is 270 g/mol. The molecule has 0 saturated carbocycles. The third-order valence-corrected chi connectivity index (χ3v) is 3.30. The fraction of sp³-hybridized carbons (Fsp3) is 0.933. The smallest absolute Gasteiger partial charge is 0.191 e. The summed E-state index contributed by atoms with van der Waals surface area (Å²) >= 11 is 0. The quantitative estimate of drug-likeness (QED) is 0.384. The highest BCUT2D eigenvalue weighted by Crippen LogP contribution is 2.01. The molecule has 0 aliphatic carbocycles. The van der Waals surface area contributed by atoms with Gasteiger partial charge in [-0.15, -0.1) is 0 Å². The lowest BCUT2D eigenvalue weighted by atomic mass is 10.1. The van der Waals surface area contributed by atoms with Crippen molar-refractivity contribution in [1.82, 2.24) is 15.5 Å². The summed E-state index contributed by atoms with van der Waals surface area (Å²) in [4.78, 5) is 6.69. The first-order chi connectivity index (χ1) is 9.01. The highest BCUT2D eigenvalue weighted by molar-refractivity contribution is 5.79. The molecule has 0 atom stereocenters. The molecule has 2 N–H and O–H groups in total. The zero-order valence-corrected chi connectivity index (χ0v) is 13.8. The van der Waals surface area contributed by atoms with Crippen LogP contribution in [0.4, 0.5) is 0 Å². The fourth-order valence-corrected chi connectivity index (χ4v) is 2.04. The van der Waals surface area contributed by atoms with Crippen LogP contribution < -0.4 is 10.6 Å². The molecule has 0 rings (SSSR count). The molecular formula is C15H34N4. The maximum absolute atomic E-state index is 4.25. The summed E-state index contributed by atoms with van der Waals surface area (Å²) < 4.78 is 0. The topological polar surface area (TPSA) is 39.7 Å². The van der Waals surface area contributed by atoms with E-state index in [-0.39, 0.29) is 0 Å². The average Bonchev–Trinajstić information content (AvgIpc) is 2.36. The number of nitrogens with one attached hydrogen (secondary N) is 2. The molecule has 0 saturated heterocycles. The van der Waals surface area contributed by atoms with Gasteiger partial charge in [0.1, 0.15) is 0 Å². The lowest BCUT2D eigenvalue weighted by Gasteiger charge is -2.25. The van der Waals surface area contributed by atoms with Crippen LogP contribution in [0.5, 0.6) is 0 Å². The second kappa shape index (κ2) is 11.1. The molecule has 19 heavy (non-hydrogen) atoms. The van der Waals surface area contributed by atoms with E-state index < -0.39 is 0 Å². The van der Waals surface area contributed by atoms with Gasteiger partial charge < -0.3 is 10.6 Å². The third-order valence-electron chi connectivity index (χ3n) is 3.30. The summed E-state index contributed by atoms with van der Waals surface area (Å²) in [6, 6.07) is 0.604. The molecule has 0 aliphatic rings. The van der Waals surface area contributed by atoms with E-state index in [1.807, 2.05) is 7.05 Å². The minimum atomic E-state index is 0.604. The Balaban J connectivity index is 3.76. The summed E-state index contributed by atoms with van der Waals surface area (Å²) in [6.45, 7) is 15.3. The van der Waals surface area contributed by atoms with Gasteiger partial charge in [0.25, 0.3) is 0 Å². The van der Waals surface area contributed by atoms with Gasteiger partial charge in [-0.2, -0.15) is 0 Å². The molecule has 0 unspecified atom stereocenters.